The number of carboxylic acid groups (broad SMARTS) is 1. The Morgan fingerprint density at radius 3 is 2.58 bits per heavy atom. The zero-order valence-electron chi connectivity index (χ0n) is 13.0. The fraction of sp³-hybridized carbons (Fsp3) is 0.824. The Morgan fingerprint density at radius 2 is 2.00 bits per heavy atom. The molecular formula is C17H28O2. The maximum atomic E-state index is 11.5. The molecule has 2 rings (SSSR count). The highest BCUT2D eigenvalue weighted by Crippen LogP contribution is 2.56. The second kappa shape index (κ2) is 4.64. The Morgan fingerprint density at radius 1 is 1.37 bits per heavy atom. The van der Waals surface area contributed by atoms with E-state index >= 15 is 0 Å². The van der Waals surface area contributed by atoms with Crippen LogP contribution in [0.2, 0.25) is 0 Å². The van der Waals surface area contributed by atoms with E-state index in [2.05, 4.69) is 27.7 Å². The van der Waals surface area contributed by atoms with E-state index in [4.69, 9.17) is 0 Å². The molecule has 0 aromatic heterocycles. The molecule has 3 unspecified atom stereocenters. The van der Waals surface area contributed by atoms with E-state index in [1.54, 1.807) is 11.1 Å². The van der Waals surface area contributed by atoms with Crippen LogP contribution < -0.4 is 0 Å². The van der Waals surface area contributed by atoms with Gasteiger partial charge in [-0.25, -0.2) is 0 Å². The van der Waals surface area contributed by atoms with Crippen molar-refractivity contribution in [1.82, 2.24) is 0 Å². The molecule has 0 saturated heterocycles. The molecule has 0 aromatic carbocycles. The van der Waals surface area contributed by atoms with Crippen molar-refractivity contribution in [3.05, 3.63) is 11.1 Å². The van der Waals surface area contributed by atoms with Crippen LogP contribution in [0, 0.1) is 22.7 Å². The number of hydrogen-bond donors (Lipinski definition) is 1. The van der Waals surface area contributed by atoms with Gasteiger partial charge in [-0.2, -0.15) is 0 Å². The van der Waals surface area contributed by atoms with Gasteiger partial charge in [-0.05, 0) is 48.9 Å². The molecule has 2 aliphatic carbocycles. The van der Waals surface area contributed by atoms with Crippen molar-refractivity contribution in [2.24, 2.45) is 22.7 Å². The molecule has 0 spiro atoms. The van der Waals surface area contributed by atoms with E-state index in [1.807, 2.05) is 6.92 Å². The van der Waals surface area contributed by atoms with Crippen molar-refractivity contribution >= 4 is 5.97 Å². The SMILES string of the molecule is CC1CC2=C(CC1(C)C(C)C(=O)O)C(C)(C)CCC2. The minimum Gasteiger partial charge on any atom is -0.481 e. The van der Waals surface area contributed by atoms with Gasteiger partial charge in [0.25, 0.3) is 0 Å². The minimum absolute atomic E-state index is 0.0979. The van der Waals surface area contributed by atoms with Gasteiger partial charge in [0.15, 0.2) is 0 Å². The van der Waals surface area contributed by atoms with Gasteiger partial charge in [0.05, 0.1) is 5.92 Å². The molecule has 0 aliphatic heterocycles. The van der Waals surface area contributed by atoms with E-state index in [9.17, 15) is 9.90 Å². The summed E-state index contributed by atoms with van der Waals surface area (Å²) in [5, 5.41) is 9.43. The lowest BCUT2D eigenvalue weighted by atomic mass is 9.55. The predicted molar refractivity (Wildman–Crippen MR) is 78.0 cm³/mol. The van der Waals surface area contributed by atoms with E-state index in [0.717, 1.165) is 12.8 Å². The van der Waals surface area contributed by atoms with Crippen LogP contribution in [0.3, 0.4) is 0 Å². The Labute approximate surface area is 117 Å². The third-order valence-electron chi connectivity index (χ3n) is 6.12. The maximum absolute atomic E-state index is 11.5. The first-order valence-corrected chi connectivity index (χ1v) is 7.62. The molecule has 2 nitrogen and oxygen atoms in total. The third-order valence-corrected chi connectivity index (χ3v) is 6.12. The molecule has 1 N–H and O–H groups in total. The van der Waals surface area contributed by atoms with Crippen LogP contribution in [-0.4, -0.2) is 11.1 Å². The second-order valence-corrected chi connectivity index (χ2v) is 7.67. The molecule has 0 radical (unpaired) electrons. The largest absolute Gasteiger partial charge is 0.481 e. The lowest BCUT2D eigenvalue weighted by molar-refractivity contribution is -0.147. The first-order valence-electron chi connectivity index (χ1n) is 7.62. The van der Waals surface area contributed by atoms with E-state index in [1.165, 1.54) is 19.3 Å². The number of rotatable bonds is 2. The molecule has 2 aliphatic rings. The first-order chi connectivity index (χ1) is 8.68. The average Bonchev–Trinajstić information content (AvgIpc) is 2.30. The van der Waals surface area contributed by atoms with Crippen LogP contribution in [0.1, 0.15) is 66.7 Å². The van der Waals surface area contributed by atoms with Crippen LogP contribution in [0.5, 0.6) is 0 Å². The monoisotopic (exact) mass is 264 g/mol. The molecule has 0 heterocycles. The van der Waals surface area contributed by atoms with E-state index in [-0.39, 0.29) is 16.7 Å². The minimum atomic E-state index is -0.646. The summed E-state index contributed by atoms with van der Waals surface area (Å²) in [5.74, 6) is -0.451. The zero-order valence-corrected chi connectivity index (χ0v) is 13.0. The normalized spacial score (nSPS) is 35.7. The second-order valence-electron chi connectivity index (χ2n) is 7.67. The van der Waals surface area contributed by atoms with Crippen LogP contribution in [-0.2, 0) is 4.79 Å². The first kappa shape index (κ1) is 14.6. The molecular weight excluding hydrogens is 236 g/mol. The highest BCUT2D eigenvalue weighted by molar-refractivity contribution is 5.70. The Balaban J connectivity index is 2.38. The van der Waals surface area contributed by atoms with Crippen LogP contribution in [0.15, 0.2) is 11.1 Å². The summed E-state index contributed by atoms with van der Waals surface area (Å²) < 4.78 is 0. The summed E-state index contributed by atoms with van der Waals surface area (Å²) in [6, 6.07) is 0. The number of carbonyl (C=O) groups is 1. The molecule has 3 atom stereocenters. The maximum Gasteiger partial charge on any atom is 0.306 e. The average molecular weight is 264 g/mol. The van der Waals surface area contributed by atoms with E-state index < -0.39 is 5.97 Å². The number of hydrogen-bond acceptors (Lipinski definition) is 1. The Hall–Kier alpha value is -0.790. The van der Waals surface area contributed by atoms with Crippen molar-refractivity contribution in [3.8, 4) is 0 Å². The van der Waals surface area contributed by atoms with Crippen molar-refractivity contribution in [2.75, 3.05) is 0 Å². The van der Waals surface area contributed by atoms with Crippen molar-refractivity contribution in [2.45, 2.75) is 66.7 Å². The van der Waals surface area contributed by atoms with Gasteiger partial charge >= 0.3 is 5.97 Å². The summed E-state index contributed by atoms with van der Waals surface area (Å²) in [4.78, 5) is 11.5. The van der Waals surface area contributed by atoms with Crippen molar-refractivity contribution < 1.29 is 9.90 Å². The molecule has 0 bridgehead atoms. The fourth-order valence-electron chi connectivity index (χ4n) is 4.13. The topological polar surface area (TPSA) is 37.3 Å². The summed E-state index contributed by atoms with van der Waals surface area (Å²) >= 11 is 0. The Bertz CT molecular complexity index is 419. The standard InChI is InChI=1S/C17H28O2/c1-11-9-13-7-6-8-16(3,4)14(13)10-17(11,5)12(2)15(18)19/h11-12H,6-10H2,1-5H3,(H,18,19). The molecule has 0 saturated carbocycles. The van der Waals surface area contributed by atoms with Gasteiger partial charge in [0.1, 0.15) is 0 Å². The Kier molecular flexibility index (Phi) is 3.57. The predicted octanol–water partition coefficient (Wildman–Crippen LogP) is 4.65. The van der Waals surface area contributed by atoms with Crippen LogP contribution in [0.25, 0.3) is 0 Å². The van der Waals surface area contributed by atoms with Crippen LogP contribution in [0.4, 0.5) is 0 Å². The van der Waals surface area contributed by atoms with Gasteiger partial charge < -0.3 is 5.11 Å². The molecule has 0 fully saturated rings. The molecule has 0 amide bonds. The van der Waals surface area contributed by atoms with Crippen molar-refractivity contribution in [3.63, 3.8) is 0 Å². The molecule has 2 heteroatoms. The van der Waals surface area contributed by atoms with Crippen LogP contribution >= 0.6 is 0 Å². The summed E-state index contributed by atoms with van der Waals surface area (Å²) in [6.07, 6.45) is 5.86. The van der Waals surface area contributed by atoms with Gasteiger partial charge in [-0.3, -0.25) is 4.79 Å². The van der Waals surface area contributed by atoms with E-state index in [0.29, 0.717) is 5.92 Å². The van der Waals surface area contributed by atoms with Gasteiger partial charge in [0, 0.05) is 0 Å². The summed E-state index contributed by atoms with van der Waals surface area (Å²) in [5.41, 5.74) is 3.39. The molecule has 108 valence electrons. The zero-order chi connectivity index (χ0) is 14.4. The third kappa shape index (κ3) is 2.34. The lowest BCUT2D eigenvalue weighted by Crippen LogP contribution is -2.42. The van der Waals surface area contributed by atoms with Gasteiger partial charge in [-0.1, -0.05) is 45.8 Å². The number of allylic oxidation sites excluding steroid dienone is 2. The summed E-state index contributed by atoms with van der Waals surface area (Å²) in [7, 11) is 0. The molecule has 19 heavy (non-hydrogen) atoms. The quantitative estimate of drug-likeness (QED) is 0.737. The highest BCUT2D eigenvalue weighted by Gasteiger charge is 2.47. The highest BCUT2D eigenvalue weighted by atomic mass is 16.4. The number of aliphatic carboxylic acids is 1. The smallest absolute Gasteiger partial charge is 0.306 e. The van der Waals surface area contributed by atoms with Gasteiger partial charge in [-0.15, -0.1) is 0 Å². The van der Waals surface area contributed by atoms with Crippen molar-refractivity contribution in [1.29, 1.82) is 0 Å². The number of carboxylic acids is 1. The molecule has 0 aromatic rings. The lowest BCUT2D eigenvalue weighted by Gasteiger charge is -2.49. The summed E-state index contributed by atoms with van der Waals surface area (Å²) in [6.45, 7) is 11.0. The fourth-order valence-corrected chi connectivity index (χ4v) is 4.13. The van der Waals surface area contributed by atoms with Gasteiger partial charge in [0.2, 0.25) is 0 Å².